The Morgan fingerprint density at radius 2 is 1.82 bits per heavy atom. The zero-order valence-electron chi connectivity index (χ0n) is 14.8. The summed E-state index contributed by atoms with van der Waals surface area (Å²) >= 11 is 0. The molecule has 0 bridgehead atoms. The molecule has 0 aliphatic rings. The van der Waals surface area contributed by atoms with E-state index in [4.69, 9.17) is 16.6 Å². The number of aliphatic carboxylic acids is 1. The minimum Gasteiger partial charge on any atom is -0.481 e. The second-order valence-corrected chi connectivity index (χ2v) is 6.16. The van der Waals surface area contributed by atoms with Crippen LogP contribution in [-0.2, 0) is 16.6 Å². The third kappa shape index (κ3) is 3.24. The minimum absolute atomic E-state index is 0.0350. The van der Waals surface area contributed by atoms with Gasteiger partial charge in [0.2, 0.25) is 5.95 Å². The van der Waals surface area contributed by atoms with E-state index in [1.807, 2.05) is 0 Å². The van der Waals surface area contributed by atoms with E-state index in [0.717, 1.165) is 6.20 Å². The molecule has 3 heterocycles. The first-order chi connectivity index (χ1) is 13.3. The SMILES string of the molecule is CCC(Cc1cnc2nc(N)nc(N)c2n1)(C(=O)O)c1ccc(C(=O)O)cn1. The van der Waals surface area contributed by atoms with Gasteiger partial charge < -0.3 is 21.7 Å². The Labute approximate surface area is 158 Å². The van der Waals surface area contributed by atoms with E-state index in [1.54, 1.807) is 6.92 Å². The maximum Gasteiger partial charge on any atom is 0.337 e. The fourth-order valence-corrected chi connectivity index (χ4v) is 2.91. The van der Waals surface area contributed by atoms with Gasteiger partial charge in [0, 0.05) is 12.6 Å². The number of carbonyl (C=O) groups is 2. The summed E-state index contributed by atoms with van der Waals surface area (Å²) in [7, 11) is 0. The average molecular weight is 383 g/mol. The van der Waals surface area contributed by atoms with E-state index in [2.05, 4.69) is 24.9 Å². The first-order valence-corrected chi connectivity index (χ1v) is 8.24. The molecular weight excluding hydrogens is 366 g/mol. The number of carboxylic acid groups (broad SMARTS) is 2. The quantitative estimate of drug-likeness (QED) is 0.467. The number of hydrogen-bond donors (Lipinski definition) is 4. The highest BCUT2D eigenvalue weighted by Gasteiger charge is 2.41. The summed E-state index contributed by atoms with van der Waals surface area (Å²) in [6, 6.07) is 2.71. The Bertz CT molecular complexity index is 1070. The molecule has 0 spiro atoms. The lowest BCUT2D eigenvalue weighted by Gasteiger charge is -2.27. The molecule has 1 atom stereocenters. The van der Waals surface area contributed by atoms with Crippen LogP contribution in [-0.4, -0.2) is 47.1 Å². The summed E-state index contributed by atoms with van der Waals surface area (Å²) in [5.74, 6) is -2.26. The van der Waals surface area contributed by atoms with Crippen LogP contribution in [0.5, 0.6) is 0 Å². The molecule has 11 nitrogen and oxygen atoms in total. The van der Waals surface area contributed by atoms with Gasteiger partial charge in [0.05, 0.1) is 23.1 Å². The molecule has 0 fully saturated rings. The molecule has 0 radical (unpaired) electrons. The van der Waals surface area contributed by atoms with Gasteiger partial charge in [-0.3, -0.25) is 9.78 Å². The number of fused-ring (bicyclic) bond motifs is 1. The largest absolute Gasteiger partial charge is 0.481 e. The van der Waals surface area contributed by atoms with Gasteiger partial charge in [-0.2, -0.15) is 9.97 Å². The normalized spacial score (nSPS) is 13.2. The Morgan fingerprint density at radius 1 is 1.07 bits per heavy atom. The summed E-state index contributed by atoms with van der Waals surface area (Å²) in [5.41, 5.74) is 10.9. The summed E-state index contributed by atoms with van der Waals surface area (Å²) < 4.78 is 0. The lowest BCUT2D eigenvalue weighted by Crippen LogP contribution is -2.38. The van der Waals surface area contributed by atoms with Gasteiger partial charge in [0.15, 0.2) is 17.0 Å². The van der Waals surface area contributed by atoms with Crippen LogP contribution in [0.4, 0.5) is 11.8 Å². The lowest BCUT2D eigenvalue weighted by molar-refractivity contribution is -0.144. The number of pyridine rings is 1. The summed E-state index contributed by atoms with van der Waals surface area (Å²) in [5, 5.41) is 19.0. The summed E-state index contributed by atoms with van der Waals surface area (Å²) in [6.45, 7) is 1.70. The number of aromatic carboxylic acids is 1. The van der Waals surface area contributed by atoms with Crippen molar-refractivity contribution in [2.45, 2.75) is 25.2 Å². The van der Waals surface area contributed by atoms with E-state index in [0.29, 0.717) is 5.69 Å². The third-order valence-corrected chi connectivity index (χ3v) is 4.50. The van der Waals surface area contributed by atoms with Crippen molar-refractivity contribution in [2.75, 3.05) is 11.5 Å². The average Bonchev–Trinajstić information content (AvgIpc) is 2.66. The molecule has 144 valence electrons. The number of rotatable bonds is 6. The standard InChI is InChI=1S/C17H17N7O4/c1-2-17(15(27)28,10-4-3-8(6-20-10)14(25)26)5-9-7-21-13-11(22-9)12(18)23-16(19)24-13/h3-4,6-7H,2,5H2,1H3,(H,25,26)(H,27,28)(H4,18,19,21,23,24). The molecule has 0 aliphatic heterocycles. The topological polar surface area (TPSA) is 191 Å². The van der Waals surface area contributed by atoms with E-state index in [9.17, 15) is 14.7 Å². The van der Waals surface area contributed by atoms with Gasteiger partial charge in [-0.05, 0) is 18.6 Å². The van der Waals surface area contributed by atoms with Crippen LogP contribution < -0.4 is 11.5 Å². The van der Waals surface area contributed by atoms with Crippen molar-refractivity contribution in [2.24, 2.45) is 0 Å². The van der Waals surface area contributed by atoms with Crippen molar-refractivity contribution in [3.05, 3.63) is 41.5 Å². The van der Waals surface area contributed by atoms with Crippen LogP contribution in [0.1, 0.15) is 35.1 Å². The first kappa shape index (κ1) is 18.9. The Kier molecular flexibility index (Phi) is 4.74. The maximum absolute atomic E-state index is 12.2. The van der Waals surface area contributed by atoms with Gasteiger partial charge in [0.1, 0.15) is 5.41 Å². The zero-order chi connectivity index (χ0) is 20.5. The summed E-state index contributed by atoms with van der Waals surface area (Å²) in [4.78, 5) is 43.6. The van der Waals surface area contributed by atoms with Gasteiger partial charge in [-0.1, -0.05) is 6.92 Å². The predicted octanol–water partition coefficient (Wildman–Crippen LogP) is 0.653. The zero-order valence-corrected chi connectivity index (χ0v) is 14.8. The molecule has 0 saturated heterocycles. The molecule has 28 heavy (non-hydrogen) atoms. The summed E-state index contributed by atoms with van der Waals surface area (Å²) in [6.07, 6.45) is 2.68. The highest BCUT2D eigenvalue weighted by atomic mass is 16.4. The van der Waals surface area contributed by atoms with Gasteiger partial charge in [-0.15, -0.1) is 0 Å². The van der Waals surface area contributed by atoms with Crippen LogP contribution in [0.2, 0.25) is 0 Å². The Hall–Kier alpha value is -3.89. The number of hydrogen-bond acceptors (Lipinski definition) is 9. The smallest absolute Gasteiger partial charge is 0.337 e. The lowest BCUT2D eigenvalue weighted by atomic mass is 9.77. The highest BCUT2D eigenvalue weighted by molar-refractivity contribution is 5.87. The van der Waals surface area contributed by atoms with Gasteiger partial charge in [0.25, 0.3) is 0 Å². The number of aromatic nitrogens is 5. The van der Waals surface area contributed by atoms with Gasteiger partial charge in [-0.25, -0.2) is 14.8 Å². The molecule has 11 heteroatoms. The van der Waals surface area contributed by atoms with E-state index >= 15 is 0 Å². The number of nitrogens with two attached hydrogens (primary N) is 2. The Morgan fingerprint density at radius 3 is 2.39 bits per heavy atom. The molecule has 3 aromatic heterocycles. The van der Waals surface area contributed by atoms with Crippen molar-refractivity contribution in [3.63, 3.8) is 0 Å². The van der Waals surface area contributed by atoms with Gasteiger partial charge >= 0.3 is 11.9 Å². The van der Waals surface area contributed by atoms with Crippen molar-refractivity contribution in [1.29, 1.82) is 0 Å². The second kappa shape index (κ2) is 7.02. The number of nitrogens with zero attached hydrogens (tertiary/aromatic N) is 5. The monoisotopic (exact) mass is 383 g/mol. The molecule has 3 aromatic rings. The predicted molar refractivity (Wildman–Crippen MR) is 98.5 cm³/mol. The molecule has 3 rings (SSSR count). The minimum atomic E-state index is -1.43. The van der Waals surface area contributed by atoms with Crippen molar-refractivity contribution in [3.8, 4) is 0 Å². The Balaban J connectivity index is 2.07. The van der Waals surface area contributed by atoms with Crippen LogP contribution >= 0.6 is 0 Å². The number of nitrogen functional groups attached to an aromatic ring is 2. The fraction of sp³-hybridized carbons (Fsp3) is 0.235. The van der Waals surface area contributed by atoms with E-state index < -0.39 is 17.4 Å². The molecule has 6 N–H and O–H groups in total. The van der Waals surface area contributed by atoms with Crippen LogP contribution in [0.15, 0.2) is 24.5 Å². The molecular formula is C17H17N7O4. The fourth-order valence-electron chi connectivity index (χ4n) is 2.91. The van der Waals surface area contributed by atoms with Crippen molar-refractivity contribution in [1.82, 2.24) is 24.9 Å². The van der Waals surface area contributed by atoms with Crippen LogP contribution in [0, 0.1) is 0 Å². The second-order valence-electron chi connectivity index (χ2n) is 6.16. The van der Waals surface area contributed by atoms with Crippen LogP contribution in [0.3, 0.4) is 0 Å². The highest BCUT2D eigenvalue weighted by Crippen LogP contribution is 2.31. The third-order valence-electron chi connectivity index (χ3n) is 4.50. The van der Waals surface area contributed by atoms with E-state index in [1.165, 1.54) is 18.3 Å². The number of carboxylic acids is 2. The number of anilines is 2. The maximum atomic E-state index is 12.2. The molecule has 1 unspecified atom stereocenters. The van der Waals surface area contributed by atoms with Crippen molar-refractivity contribution >= 4 is 34.9 Å². The molecule has 0 aromatic carbocycles. The van der Waals surface area contributed by atoms with Crippen LogP contribution in [0.25, 0.3) is 11.2 Å². The van der Waals surface area contributed by atoms with Crippen molar-refractivity contribution < 1.29 is 19.8 Å². The molecule has 0 saturated carbocycles. The first-order valence-electron chi connectivity index (χ1n) is 8.24. The molecule has 0 amide bonds. The van der Waals surface area contributed by atoms with E-state index in [-0.39, 0.29) is 47.0 Å². The molecule has 0 aliphatic carbocycles.